The zero-order valence-electron chi connectivity index (χ0n) is 15.7. The fraction of sp³-hybridized carbons (Fsp3) is 0.409. The van der Waals surface area contributed by atoms with Crippen LogP contribution in [0.4, 0.5) is 0 Å². The molecule has 1 heterocycles. The van der Waals surface area contributed by atoms with Crippen LogP contribution in [0.15, 0.2) is 54.6 Å². The van der Waals surface area contributed by atoms with Crippen molar-refractivity contribution in [3.63, 3.8) is 0 Å². The van der Waals surface area contributed by atoms with Crippen LogP contribution in [0.5, 0.6) is 0 Å². The number of carbonyl (C=O) groups is 1. The van der Waals surface area contributed by atoms with Crippen molar-refractivity contribution in [3.05, 3.63) is 71.3 Å². The Hall–Kier alpha value is -2.17. The molecule has 2 aromatic rings. The Balaban J connectivity index is 1.50. The molecule has 138 valence electrons. The van der Waals surface area contributed by atoms with Crippen LogP contribution < -0.4 is 11.1 Å². The van der Waals surface area contributed by atoms with Crippen LogP contribution in [-0.4, -0.2) is 29.9 Å². The van der Waals surface area contributed by atoms with Gasteiger partial charge in [0.25, 0.3) is 0 Å². The summed E-state index contributed by atoms with van der Waals surface area (Å²) < 4.78 is 0. The van der Waals surface area contributed by atoms with Crippen molar-refractivity contribution in [1.29, 1.82) is 0 Å². The Morgan fingerprint density at radius 1 is 1.04 bits per heavy atom. The van der Waals surface area contributed by atoms with E-state index in [9.17, 15) is 4.79 Å². The summed E-state index contributed by atoms with van der Waals surface area (Å²) in [4.78, 5) is 15.0. The third-order valence-electron chi connectivity index (χ3n) is 5.42. The van der Waals surface area contributed by atoms with Crippen molar-refractivity contribution >= 4 is 5.91 Å². The first-order valence-electron chi connectivity index (χ1n) is 9.46. The van der Waals surface area contributed by atoms with Gasteiger partial charge >= 0.3 is 0 Å². The van der Waals surface area contributed by atoms with Crippen LogP contribution in [0.3, 0.4) is 0 Å². The number of aryl methyl sites for hydroxylation is 1. The molecule has 2 atom stereocenters. The summed E-state index contributed by atoms with van der Waals surface area (Å²) in [5.41, 5.74) is 9.51. The maximum Gasteiger partial charge on any atom is 0.241 e. The molecule has 1 saturated heterocycles. The summed E-state index contributed by atoms with van der Waals surface area (Å²) in [6.07, 6.45) is 1.92. The molecule has 26 heavy (non-hydrogen) atoms. The minimum Gasteiger partial charge on any atom is -0.352 e. The molecule has 1 aliphatic rings. The molecule has 0 saturated carbocycles. The van der Waals surface area contributed by atoms with Crippen LogP contribution >= 0.6 is 0 Å². The zero-order valence-corrected chi connectivity index (χ0v) is 15.7. The molecule has 0 bridgehead atoms. The number of nitrogens with zero attached hydrogens (tertiary/aromatic N) is 1. The predicted octanol–water partition coefficient (Wildman–Crippen LogP) is 3.34. The molecule has 3 rings (SSSR count). The van der Waals surface area contributed by atoms with Gasteiger partial charge in [-0.3, -0.25) is 9.69 Å². The number of likely N-dealkylation sites (tertiary alicyclic amines) is 1. The molecule has 4 heteroatoms. The average molecular weight is 351 g/mol. The first-order chi connectivity index (χ1) is 12.5. The Labute approximate surface area is 156 Å². The number of rotatable bonds is 5. The minimum absolute atomic E-state index is 0.0802. The normalized spacial score (nSPS) is 18.3. The zero-order chi connectivity index (χ0) is 18.5. The molecule has 2 unspecified atom stereocenters. The number of nitrogens with two attached hydrogens (primary N) is 1. The van der Waals surface area contributed by atoms with E-state index in [0.29, 0.717) is 6.04 Å². The summed E-state index contributed by atoms with van der Waals surface area (Å²) in [6, 6.07) is 18.5. The van der Waals surface area contributed by atoms with Crippen molar-refractivity contribution in [1.82, 2.24) is 10.2 Å². The summed E-state index contributed by atoms with van der Waals surface area (Å²) in [6.45, 7) is 6.25. The van der Waals surface area contributed by atoms with E-state index >= 15 is 0 Å². The van der Waals surface area contributed by atoms with E-state index in [1.807, 2.05) is 31.2 Å². The number of benzene rings is 2. The summed E-state index contributed by atoms with van der Waals surface area (Å²) in [5.74, 6) is -0.0802. The quantitative estimate of drug-likeness (QED) is 0.869. The third-order valence-corrected chi connectivity index (χ3v) is 5.42. The molecule has 3 N–H and O–H groups in total. The van der Waals surface area contributed by atoms with E-state index in [0.717, 1.165) is 31.5 Å². The first-order valence-corrected chi connectivity index (χ1v) is 9.46. The van der Waals surface area contributed by atoms with Crippen molar-refractivity contribution in [2.24, 2.45) is 5.73 Å². The molecule has 0 aliphatic carbocycles. The van der Waals surface area contributed by atoms with Gasteiger partial charge in [-0.2, -0.15) is 0 Å². The molecule has 2 aromatic carbocycles. The fourth-order valence-corrected chi connectivity index (χ4v) is 3.59. The lowest BCUT2D eigenvalue weighted by Gasteiger charge is -2.36. The van der Waals surface area contributed by atoms with Gasteiger partial charge in [0.05, 0.1) is 0 Å². The van der Waals surface area contributed by atoms with Gasteiger partial charge in [0.1, 0.15) is 6.04 Å². The number of nitrogens with one attached hydrogen (secondary N) is 1. The smallest absolute Gasteiger partial charge is 0.241 e. The Bertz CT molecular complexity index is 706. The van der Waals surface area contributed by atoms with Crippen LogP contribution in [0, 0.1) is 6.92 Å². The molecule has 4 nitrogen and oxygen atoms in total. The monoisotopic (exact) mass is 351 g/mol. The molecule has 0 radical (unpaired) electrons. The number of hydrogen-bond acceptors (Lipinski definition) is 3. The minimum atomic E-state index is -0.600. The van der Waals surface area contributed by atoms with Crippen LogP contribution in [0.25, 0.3) is 0 Å². The molecule has 1 aliphatic heterocycles. The second-order valence-corrected chi connectivity index (χ2v) is 7.29. The third kappa shape index (κ3) is 4.51. The van der Waals surface area contributed by atoms with E-state index in [1.54, 1.807) is 0 Å². The highest BCUT2D eigenvalue weighted by Gasteiger charge is 2.26. The van der Waals surface area contributed by atoms with Gasteiger partial charge in [-0.05, 0) is 37.8 Å². The van der Waals surface area contributed by atoms with Gasteiger partial charge in [0, 0.05) is 25.2 Å². The SMILES string of the molecule is Cc1ccc(C(N)C(=O)NC2CCN(C(C)c3ccccc3)CC2)cc1. The molecular formula is C22H29N3O. The van der Waals surface area contributed by atoms with Crippen LogP contribution in [-0.2, 0) is 4.79 Å². The van der Waals surface area contributed by atoms with E-state index in [2.05, 4.69) is 47.5 Å². The van der Waals surface area contributed by atoms with Crippen molar-refractivity contribution in [3.8, 4) is 0 Å². The Morgan fingerprint density at radius 2 is 1.65 bits per heavy atom. The van der Waals surface area contributed by atoms with Gasteiger partial charge in [0.2, 0.25) is 5.91 Å². The fourth-order valence-electron chi connectivity index (χ4n) is 3.59. The highest BCUT2D eigenvalue weighted by Crippen LogP contribution is 2.24. The lowest BCUT2D eigenvalue weighted by atomic mass is 9.99. The van der Waals surface area contributed by atoms with Crippen LogP contribution in [0.2, 0.25) is 0 Å². The lowest BCUT2D eigenvalue weighted by Crippen LogP contribution is -2.47. The largest absolute Gasteiger partial charge is 0.352 e. The average Bonchev–Trinajstić information content (AvgIpc) is 2.68. The number of hydrogen-bond donors (Lipinski definition) is 2. The van der Waals surface area contributed by atoms with Gasteiger partial charge in [-0.15, -0.1) is 0 Å². The van der Waals surface area contributed by atoms with E-state index in [4.69, 9.17) is 5.73 Å². The van der Waals surface area contributed by atoms with Crippen molar-refractivity contribution in [2.45, 2.75) is 44.8 Å². The van der Waals surface area contributed by atoms with Gasteiger partial charge in [-0.25, -0.2) is 0 Å². The van der Waals surface area contributed by atoms with Crippen LogP contribution in [0.1, 0.15) is 48.5 Å². The summed E-state index contributed by atoms with van der Waals surface area (Å²) in [7, 11) is 0. The maximum absolute atomic E-state index is 12.5. The molecule has 0 aromatic heterocycles. The molecule has 1 amide bonds. The molecular weight excluding hydrogens is 322 g/mol. The second kappa shape index (κ2) is 8.47. The van der Waals surface area contributed by atoms with Crippen molar-refractivity contribution < 1.29 is 4.79 Å². The van der Waals surface area contributed by atoms with Gasteiger partial charge < -0.3 is 11.1 Å². The summed E-state index contributed by atoms with van der Waals surface area (Å²) in [5, 5.41) is 3.14. The molecule has 1 fully saturated rings. The summed E-state index contributed by atoms with van der Waals surface area (Å²) >= 11 is 0. The lowest BCUT2D eigenvalue weighted by molar-refractivity contribution is -0.123. The standard InChI is InChI=1S/C22H29N3O/c1-16-8-10-19(11-9-16)21(23)22(26)24-20-12-14-25(15-13-20)17(2)18-6-4-3-5-7-18/h3-11,17,20-21H,12-15,23H2,1-2H3,(H,24,26). The van der Waals surface area contributed by atoms with E-state index in [1.165, 1.54) is 11.1 Å². The highest BCUT2D eigenvalue weighted by atomic mass is 16.2. The molecule has 0 spiro atoms. The predicted molar refractivity (Wildman–Crippen MR) is 106 cm³/mol. The van der Waals surface area contributed by atoms with Gasteiger partial charge in [0.15, 0.2) is 0 Å². The number of amides is 1. The van der Waals surface area contributed by atoms with E-state index in [-0.39, 0.29) is 11.9 Å². The van der Waals surface area contributed by atoms with Crippen molar-refractivity contribution in [2.75, 3.05) is 13.1 Å². The van der Waals surface area contributed by atoms with Gasteiger partial charge in [-0.1, -0.05) is 60.2 Å². The maximum atomic E-state index is 12.5. The Morgan fingerprint density at radius 3 is 2.27 bits per heavy atom. The first kappa shape index (κ1) is 18.6. The van der Waals surface area contributed by atoms with E-state index < -0.39 is 6.04 Å². The Kier molecular flexibility index (Phi) is 6.07. The number of piperidine rings is 1. The highest BCUT2D eigenvalue weighted by molar-refractivity contribution is 5.83. The second-order valence-electron chi connectivity index (χ2n) is 7.29. The topological polar surface area (TPSA) is 58.4 Å². The number of carbonyl (C=O) groups excluding carboxylic acids is 1.